The summed E-state index contributed by atoms with van der Waals surface area (Å²) >= 11 is 3.37. The number of benzene rings is 1. The highest BCUT2D eigenvalue weighted by Gasteiger charge is 2.03. The van der Waals surface area contributed by atoms with Crippen molar-refractivity contribution in [2.45, 2.75) is 32.7 Å². The first kappa shape index (κ1) is 13.4. The SMILES string of the molecule is CC(C)NCCC(=O)Cc1ccc(Br)cc1. The molecule has 0 aliphatic carbocycles. The van der Waals surface area contributed by atoms with Gasteiger partial charge in [0.25, 0.3) is 0 Å². The molecule has 0 spiro atoms. The van der Waals surface area contributed by atoms with Crippen molar-refractivity contribution in [1.29, 1.82) is 0 Å². The van der Waals surface area contributed by atoms with Gasteiger partial charge in [-0.2, -0.15) is 0 Å². The molecule has 3 heteroatoms. The number of nitrogens with one attached hydrogen (secondary N) is 1. The summed E-state index contributed by atoms with van der Waals surface area (Å²) < 4.78 is 1.05. The molecule has 16 heavy (non-hydrogen) atoms. The molecule has 0 saturated heterocycles. The van der Waals surface area contributed by atoms with Crippen LogP contribution in [0.2, 0.25) is 0 Å². The summed E-state index contributed by atoms with van der Waals surface area (Å²) in [4.78, 5) is 11.6. The number of Topliss-reactive ketones (excluding diaryl/α,β-unsaturated/α-hetero) is 1. The van der Waals surface area contributed by atoms with Crippen molar-refractivity contribution in [2.24, 2.45) is 0 Å². The Hall–Kier alpha value is -0.670. The maximum Gasteiger partial charge on any atom is 0.138 e. The maximum absolute atomic E-state index is 11.6. The van der Waals surface area contributed by atoms with Gasteiger partial charge in [0.05, 0.1) is 0 Å². The van der Waals surface area contributed by atoms with E-state index in [2.05, 4.69) is 35.1 Å². The minimum Gasteiger partial charge on any atom is -0.314 e. The first-order chi connectivity index (χ1) is 7.58. The highest BCUT2D eigenvalue weighted by atomic mass is 79.9. The van der Waals surface area contributed by atoms with Gasteiger partial charge in [0.15, 0.2) is 0 Å². The summed E-state index contributed by atoms with van der Waals surface area (Å²) in [6.45, 7) is 4.94. The molecule has 2 nitrogen and oxygen atoms in total. The highest BCUT2D eigenvalue weighted by molar-refractivity contribution is 9.10. The molecule has 1 N–H and O–H groups in total. The molecule has 0 amide bonds. The highest BCUT2D eigenvalue weighted by Crippen LogP contribution is 2.11. The lowest BCUT2D eigenvalue weighted by Gasteiger charge is -2.07. The molecule has 1 rings (SSSR count). The third-order valence-electron chi connectivity index (χ3n) is 2.27. The van der Waals surface area contributed by atoms with Crippen LogP contribution in [0.25, 0.3) is 0 Å². The molecule has 0 bridgehead atoms. The third-order valence-corrected chi connectivity index (χ3v) is 2.80. The molecule has 88 valence electrons. The van der Waals surface area contributed by atoms with Gasteiger partial charge in [0.2, 0.25) is 0 Å². The number of rotatable bonds is 6. The number of carbonyl (C=O) groups is 1. The fraction of sp³-hybridized carbons (Fsp3) is 0.462. The molecule has 1 aromatic rings. The van der Waals surface area contributed by atoms with Crippen molar-refractivity contribution in [3.05, 3.63) is 34.3 Å². The average Bonchev–Trinajstić information content (AvgIpc) is 2.21. The van der Waals surface area contributed by atoms with Crippen LogP contribution < -0.4 is 5.32 Å². The van der Waals surface area contributed by atoms with E-state index < -0.39 is 0 Å². The molecule has 0 aliphatic rings. The number of ketones is 1. The van der Waals surface area contributed by atoms with Gasteiger partial charge < -0.3 is 5.32 Å². The van der Waals surface area contributed by atoms with E-state index in [0.717, 1.165) is 16.6 Å². The first-order valence-electron chi connectivity index (χ1n) is 5.57. The Morgan fingerprint density at radius 1 is 1.31 bits per heavy atom. The van der Waals surface area contributed by atoms with Crippen molar-refractivity contribution in [1.82, 2.24) is 5.32 Å². The molecular formula is C13H18BrNO. The average molecular weight is 284 g/mol. The third kappa shape index (κ3) is 5.42. The lowest BCUT2D eigenvalue weighted by molar-refractivity contribution is -0.118. The van der Waals surface area contributed by atoms with Gasteiger partial charge in [-0.05, 0) is 17.7 Å². The minimum absolute atomic E-state index is 0.287. The Kier molecular flexibility index (Phi) is 5.71. The van der Waals surface area contributed by atoms with Crippen LogP contribution in [0, 0.1) is 0 Å². The van der Waals surface area contributed by atoms with Gasteiger partial charge in [-0.25, -0.2) is 0 Å². The van der Waals surface area contributed by atoms with Gasteiger partial charge in [0.1, 0.15) is 5.78 Å². The van der Waals surface area contributed by atoms with E-state index in [-0.39, 0.29) is 5.78 Å². The molecule has 0 heterocycles. The number of hydrogen-bond acceptors (Lipinski definition) is 2. The molecule has 0 aromatic heterocycles. The zero-order valence-electron chi connectivity index (χ0n) is 9.79. The Bertz CT molecular complexity index is 332. The second-order valence-corrected chi connectivity index (χ2v) is 5.12. The van der Waals surface area contributed by atoms with Crippen molar-refractivity contribution >= 4 is 21.7 Å². The van der Waals surface area contributed by atoms with Crippen LogP contribution in [0.1, 0.15) is 25.8 Å². The molecule has 0 aliphatic heterocycles. The summed E-state index contributed by atoms with van der Waals surface area (Å²) in [7, 11) is 0. The number of carbonyl (C=O) groups excluding carboxylic acids is 1. The minimum atomic E-state index is 0.287. The molecular weight excluding hydrogens is 266 g/mol. The molecule has 0 saturated carbocycles. The summed E-state index contributed by atoms with van der Waals surface area (Å²) in [5.41, 5.74) is 1.08. The van der Waals surface area contributed by atoms with E-state index in [1.165, 1.54) is 0 Å². The second-order valence-electron chi connectivity index (χ2n) is 4.20. The molecule has 0 fully saturated rings. The van der Waals surface area contributed by atoms with Crippen molar-refractivity contribution in [3.63, 3.8) is 0 Å². The second kappa shape index (κ2) is 6.81. The van der Waals surface area contributed by atoms with E-state index in [1.807, 2.05) is 24.3 Å². The van der Waals surface area contributed by atoms with Crippen molar-refractivity contribution < 1.29 is 4.79 Å². The summed E-state index contributed by atoms with van der Waals surface area (Å²) in [6, 6.07) is 8.35. The van der Waals surface area contributed by atoms with Crippen LogP contribution in [0.4, 0.5) is 0 Å². The lowest BCUT2D eigenvalue weighted by Crippen LogP contribution is -2.25. The fourth-order valence-corrected chi connectivity index (χ4v) is 1.68. The molecule has 0 unspecified atom stereocenters. The fourth-order valence-electron chi connectivity index (χ4n) is 1.42. The van der Waals surface area contributed by atoms with E-state index >= 15 is 0 Å². The van der Waals surface area contributed by atoms with Gasteiger partial charge in [-0.3, -0.25) is 4.79 Å². The monoisotopic (exact) mass is 283 g/mol. The topological polar surface area (TPSA) is 29.1 Å². The summed E-state index contributed by atoms with van der Waals surface area (Å²) in [6.07, 6.45) is 1.14. The summed E-state index contributed by atoms with van der Waals surface area (Å²) in [5.74, 6) is 0.287. The number of halogens is 1. The summed E-state index contributed by atoms with van der Waals surface area (Å²) in [5, 5.41) is 3.24. The normalized spacial score (nSPS) is 10.8. The van der Waals surface area contributed by atoms with Gasteiger partial charge in [-0.15, -0.1) is 0 Å². The zero-order chi connectivity index (χ0) is 12.0. The van der Waals surface area contributed by atoms with E-state index in [9.17, 15) is 4.79 Å². The smallest absolute Gasteiger partial charge is 0.138 e. The molecule has 0 atom stereocenters. The Morgan fingerprint density at radius 3 is 2.50 bits per heavy atom. The quantitative estimate of drug-likeness (QED) is 0.870. The van der Waals surface area contributed by atoms with E-state index in [4.69, 9.17) is 0 Å². The van der Waals surface area contributed by atoms with Crippen molar-refractivity contribution in [3.8, 4) is 0 Å². The van der Waals surface area contributed by atoms with E-state index in [1.54, 1.807) is 0 Å². The maximum atomic E-state index is 11.6. The van der Waals surface area contributed by atoms with Crippen LogP contribution in [-0.4, -0.2) is 18.4 Å². The largest absolute Gasteiger partial charge is 0.314 e. The van der Waals surface area contributed by atoms with Crippen LogP contribution in [0.3, 0.4) is 0 Å². The van der Waals surface area contributed by atoms with Gasteiger partial charge in [-0.1, -0.05) is 41.9 Å². The molecule has 1 aromatic carbocycles. The van der Waals surface area contributed by atoms with Crippen molar-refractivity contribution in [2.75, 3.05) is 6.54 Å². The lowest BCUT2D eigenvalue weighted by atomic mass is 10.1. The van der Waals surface area contributed by atoms with Crippen LogP contribution in [0.5, 0.6) is 0 Å². The predicted octanol–water partition coefficient (Wildman–Crippen LogP) is 2.95. The van der Waals surface area contributed by atoms with Crippen LogP contribution >= 0.6 is 15.9 Å². The Labute approximate surface area is 106 Å². The van der Waals surface area contributed by atoms with Gasteiger partial charge >= 0.3 is 0 Å². The predicted molar refractivity (Wildman–Crippen MR) is 70.6 cm³/mol. The van der Waals surface area contributed by atoms with E-state index in [0.29, 0.717) is 18.9 Å². The van der Waals surface area contributed by atoms with Crippen LogP contribution in [0.15, 0.2) is 28.7 Å². The Balaban J connectivity index is 2.31. The first-order valence-corrected chi connectivity index (χ1v) is 6.37. The zero-order valence-corrected chi connectivity index (χ0v) is 11.4. The van der Waals surface area contributed by atoms with Crippen LogP contribution in [-0.2, 0) is 11.2 Å². The number of hydrogen-bond donors (Lipinski definition) is 1. The van der Waals surface area contributed by atoms with Gasteiger partial charge in [0, 0.05) is 29.9 Å². The molecule has 0 radical (unpaired) electrons. The standard InChI is InChI=1S/C13H18BrNO/c1-10(2)15-8-7-13(16)9-11-3-5-12(14)6-4-11/h3-6,10,15H,7-9H2,1-2H3. The Morgan fingerprint density at radius 2 is 1.94 bits per heavy atom.